The second-order valence-corrected chi connectivity index (χ2v) is 9.15. The van der Waals surface area contributed by atoms with E-state index in [0.29, 0.717) is 30.3 Å². The zero-order valence-electron chi connectivity index (χ0n) is 19.7. The van der Waals surface area contributed by atoms with Crippen LogP contribution >= 0.6 is 0 Å². The van der Waals surface area contributed by atoms with Gasteiger partial charge in [-0.25, -0.2) is 8.78 Å². The maximum Gasteiger partial charge on any atom is 0.259 e. The SMILES string of the molecule is CCc1cccc(-c2cc(F)c(C(=O)N3CCC(CN4CCN(CC)CC4)CC3)c(F)c2)n1. The lowest BCUT2D eigenvalue weighted by Crippen LogP contribution is -2.49. The van der Waals surface area contributed by atoms with Gasteiger partial charge in [-0.05, 0) is 56.0 Å². The first-order chi connectivity index (χ1) is 16.0. The van der Waals surface area contributed by atoms with Gasteiger partial charge >= 0.3 is 0 Å². The second kappa shape index (κ2) is 10.7. The van der Waals surface area contributed by atoms with Gasteiger partial charge in [-0.3, -0.25) is 9.78 Å². The van der Waals surface area contributed by atoms with Crippen LogP contribution in [-0.2, 0) is 6.42 Å². The van der Waals surface area contributed by atoms with Crippen molar-refractivity contribution in [3.63, 3.8) is 0 Å². The molecule has 178 valence electrons. The molecular formula is C26H34F2N4O. The van der Waals surface area contributed by atoms with E-state index < -0.39 is 23.1 Å². The van der Waals surface area contributed by atoms with Gasteiger partial charge in [-0.1, -0.05) is 19.9 Å². The van der Waals surface area contributed by atoms with Gasteiger partial charge in [0.1, 0.15) is 17.2 Å². The number of carbonyl (C=O) groups is 1. The molecule has 2 fully saturated rings. The van der Waals surface area contributed by atoms with Crippen LogP contribution in [0.4, 0.5) is 8.78 Å². The molecule has 1 aromatic heterocycles. The van der Waals surface area contributed by atoms with Crippen LogP contribution in [-0.4, -0.2) is 77.9 Å². The van der Waals surface area contributed by atoms with Gasteiger partial charge in [0.25, 0.3) is 5.91 Å². The molecule has 5 nitrogen and oxygen atoms in total. The lowest BCUT2D eigenvalue weighted by molar-refractivity contribution is 0.0627. The Morgan fingerprint density at radius 1 is 0.970 bits per heavy atom. The molecule has 1 amide bonds. The molecule has 33 heavy (non-hydrogen) atoms. The number of halogens is 2. The highest BCUT2D eigenvalue weighted by atomic mass is 19.1. The molecule has 0 aliphatic carbocycles. The van der Waals surface area contributed by atoms with Gasteiger partial charge in [0.2, 0.25) is 0 Å². The van der Waals surface area contributed by atoms with Crippen LogP contribution < -0.4 is 0 Å². The molecule has 1 aromatic carbocycles. The molecule has 0 atom stereocenters. The number of piperazine rings is 1. The number of aryl methyl sites for hydroxylation is 1. The van der Waals surface area contributed by atoms with Crippen LogP contribution in [0.3, 0.4) is 0 Å². The summed E-state index contributed by atoms with van der Waals surface area (Å²) in [4.78, 5) is 24.0. The average Bonchev–Trinajstić information content (AvgIpc) is 2.84. The van der Waals surface area contributed by atoms with Crippen molar-refractivity contribution in [2.24, 2.45) is 5.92 Å². The minimum atomic E-state index is -0.824. The molecule has 2 aliphatic rings. The topological polar surface area (TPSA) is 39.7 Å². The number of hydrogen-bond acceptors (Lipinski definition) is 4. The standard InChI is InChI=1S/C26H34F2N4O/c1-3-21-6-5-7-24(29-21)20-16-22(27)25(23(28)17-20)26(33)32-10-8-19(9-11-32)18-31-14-12-30(4-2)13-15-31/h5-7,16-17,19H,3-4,8-15,18H2,1-2H3. The van der Waals surface area contributed by atoms with Crippen molar-refractivity contribution in [1.82, 2.24) is 19.7 Å². The Bertz CT molecular complexity index is 944. The molecule has 2 aliphatic heterocycles. The largest absolute Gasteiger partial charge is 0.338 e. The minimum Gasteiger partial charge on any atom is -0.338 e. The summed E-state index contributed by atoms with van der Waals surface area (Å²) in [6.07, 6.45) is 2.48. The molecule has 4 rings (SSSR count). The number of aromatic nitrogens is 1. The van der Waals surface area contributed by atoms with Crippen molar-refractivity contribution in [3.05, 3.63) is 53.2 Å². The van der Waals surface area contributed by atoms with E-state index in [9.17, 15) is 13.6 Å². The number of rotatable bonds is 6. The third-order valence-electron chi connectivity index (χ3n) is 7.05. The summed E-state index contributed by atoms with van der Waals surface area (Å²) in [5.41, 5.74) is 1.24. The molecule has 0 spiro atoms. The number of pyridine rings is 1. The maximum atomic E-state index is 14.9. The Hall–Kier alpha value is -2.38. The number of carbonyl (C=O) groups excluding carboxylic acids is 1. The van der Waals surface area contributed by atoms with Crippen molar-refractivity contribution in [2.75, 3.05) is 52.4 Å². The summed E-state index contributed by atoms with van der Waals surface area (Å²) in [5.74, 6) is -1.68. The van der Waals surface area contributed by atoms with E-state index in [1.54, 1.807) is 11.0 Å². The van der Waals surface area contributed by atoms with Crippen molar-refractivity contribution < 1.29 is 13.6 Å². The van der Waals surface area contributed by atoms with Gasteiger partial charge in [-0.2, -0.15) is 0 Å². The van der Waals surface area contributed by atoms with Crippen molar-refractivity contribution in [3.8, 4) is 11.3 Å². The second-order valence-electron chi connectivity index (χ2n) is 9.15. The number of benzene rings is 1. The molecule has 3 heterocycles. The Morgan fingerprint density at radius 2 is 1.61 bits per heavy atom. The summed E-state index contributed by atoms with van der Waals surface area (Å²) in [6.45, 7) is 11.8. The first-order valence-electron chi connectivity index (χ1n) is 12.2. The number of likely N-dealkylation sites (N-methyl/N-ethyl adjacent to an activating group) is 1. The van der Waals surface area contributed by atoms with Crippen molar-refractivity contribution >= 4 is 5.91 Å². The highest BCUT2D eigenvalue weighted by Gasteiger charge is 2.29. The molecule has 2 aromatic rings. The van der Waals surface area contributed by atoms with Crippen LogP contribution in [0.25, 0.3) is 11.3 Å². The van der Waals surface area contributed by atoms with Crippen LogP contribution in [0, 0.1) is 17.6 Å². The number of nitrogens with zero attached hydrogens (tertiary/aromatic N) is 4. The molecule has 2 saturated heterocycles. The van der Waals surface area contributed by atoms with Crippen LogP contribution in [0.15, 0.2) is 30.3 Å². The van der Waals surface area contributed by atoms with E-state index in [2.05, 4.69) is 21.7 Å². The fourth-order valence-electron chi connectivity index (χ4n) is 4.89. The number of piperidine rings is 1. The van der Waals surface area contributed by atoms with Gasteiger partial charge in [0, 0.05) is 57.1 Å². The Kier molecular flexibility index (Phi) is 7.71. The molecule has 7 heteroatoms. The first-order valence-corrected chi connectivity index (χ1v) is 12.2. The predicted octanol–water partition coefficient (Wildman–Crippen LogP) is 4.08. The average molecular weight is 457 g/mol. The van der Waals surface area contributed by atoms with E-state index in [4.69, 9.17) is 0 Å². The third-order valence-corrected chi connectivity index (χ3v) is 7.05. The van der Waals surface area contributed by atoms with Crippen molar-refractivity contribution in [1.29, 1.82) is 0 Å². The molecule has 0 unspecified atom stereocenters. The number of likely N-dealkylation sites (tertiary alicyclic amines) is 1. The highest BCUT2D eigenvalue weighted by Crippen LogP contribution is 2.26. The molecular weight excluding hydrogens is 422 g/mol. The molecule has 0 bridgehead atoms. The molecule has 0 saturated carbocycles. The first kappa shape index (κ1) is 23.8. The van der Waals surface area contributed by atoms with Crippen LogP contribution in [0.2, 0.25) is 0 Å². The summed E-state index contributed by atoms with van der Waals surface area (Å²) >= 11 is 0. The molecule has 0 radical (unpaired) electrons. The number of hydrogen-bond donors (Lipinski definition) is 0. The highest BCUT2D eigenvalue weighted by molar-refractivity contribution is 5.95. The van der Waals surface area contributed by atoms with Crippen LogP contribution in [0.5, 0.6) is 0 Å². The summed E-state index contributed by atoms with van der Waals surface area (Å²) in [6, 6.07) is 7.87. The van der Waals surface area contributed by atoms with Gasteiger partial charge in [0.05, 0.1) is 5.69 Å². The number of amides is 1. The third kappa shape index (κ3) is 5.58. The fraction of sp³-hybridized carbons (Fsp3) is 0.538. The predicted molar refractivity (Wildman–Crippen MR) is 126 cm³/mol. The lowest BCUT2D eigenvalue weighted by atomic mass is 9.95. The quantitative estimate of drug-likeness (QED) is 0.657. The molecule has 0 N–H and O–H groups in total. The minimum absolute atomic E-state index is 0.346. The monoisotopic (exact) mass is 456 g/mol. The lowest BCUT2D eigenvalue weighted by Gasteiger charge is -2.38. The van der Waals surface area contributed by atoms with Gasteiger partial charge < -0.3 is 14.7 Å². The van der Waals surface area contributed by atoms with Gasteiger partial charge in [-0.15, -0.1) is 0 Å². The summed E-state index contributed by atoms with van der Waals surface area (Å²) < 4.78 is 29.8. The van der Waals surface area contributed by atoms with E-state index in [1.807, 2.05) is 19.1 Å². The summed E-state index contributed by atoms with van der Waals surface area (Å²) in [7, 11) is 0. The van der Waals surface area contributed by atoms with E-state index >= 15 is 0 Å². The normalized spacial score (nSPS) is 18.6. The fourth-order valence-corrected chi connectivity index (χ4v) is 4.89. The zero-order chi connectivity index (χ0) is 23.4. The van der Waals surface area contributed by atoms with E-state index in [-0.39, 0.29) is 0 Å². The van der Waals surface area contributed by atoms with Crippen molar-refractivity contribution in [2.45, 2.75) is 33.1 Å². The smallest absolute Gasteiger partial charge is 0.259 e. The summed E-state index contributed by atoms with van der Waals surface area (Å²) in [5, 5.41) is 0. The van der Waals surface area contributed by atoms with E-state index in [0.717, 1.165) is 64.2 Å². The maximum absolute atomic E-state index is 14.9. The Morgan fingerprint density at radius 3 is 2.21 bits per heavy atom. The van der Waals surface area contributed by atoms with Crippen LogP contribution in [0.1, 0.15) is 42.7 Å². The Balaban J connectivity index is 1.37. The zero-order valence-corrected chi connectivity index (χ0v) is 19.7. The Labute approximate surface area is 195 Å². The van der Waals surface area contributed by atoms with E-state index in [1.165, 1.54) is 12.1 Å². The van der Waals surface area contributed by atoms with Gasteiger partial charge in [0.15, 0.2) is 0 Å².